The van der Waals surface area contributed by atoms with E-state index in [1.807, 2.05) is 28.8 Å². The number of rotatable bonds is 7. The summed E-state index contributed by atoms with van der Waals surface area (Å²) in [6.45, 7) is 5.84. The molecule has 0 aliphatic heterocycles. The summed E-state index contributed by atoms with van der Waals surface area (Å²) in [5.74, 6) is 0. The molecule has 0 fully saturated rings. The van der Waals surface area contributed by atoms with Crippen molar-refractivity contribution >= 4 is 17.2 Å². The van der Waals surface area contributed by atoms with Crippen LogP contribution in [-0.4, -0.2) is 27.6 Å². The van der Waals surface area contributed by atoms with E-state index in [4.69, 9.17) is 11.6 Å². The second-order valence-corrected chi connectivity index (χ2v) is 5.60. The van der Waals surface area contributed by atoms with Gasteiger partial charge in [-0.25, -0.2) is 4.98 Å². The van der Waals surface area contributed by atoms with Crippen LogP contribution in [0.25, 0.3) is 5.65 Å². The standard InChI is InChI=1S/C15H22ClN3O/c1-3-15(4-2,11-20)10-17-9-12-14(16)18-13-7-5-6-8-19(12)13/h5-8,17,20H,3-4,9-11H2,1-2H3. The van der Waals surface area contributed by atoms with Gasteiger partial charge in [0.1, 0.15) is 5.65 Å². The molecule has 2 aromatic rings. The van der Waals surface area contributed by atoms with E-state index in [1.165, 1.54) is 0 Å². The number of hydrogen-bond acceptors (Lipinski definition) is 3. The number of fused-ring (bicyclic) bond motifs is 1. The molecular weight excluding hydrogens is 274 g/mol. The average molecular weight is 296 g/mol. The van der Waals surface area contributed by atoms with E-state index in [0.717, 1.165) is 30.7 Å². The summed E-state index contributed by atoms with van der Waals surface area (Å²) in [6.07, 6.45) is 3.87. The molecule has 5 heteroatoms. The third-order valence-electron chi connectivity index (χ3n) is 4.21. The van der Waals surface area contributed by atoms with Crippen molar-refractivity contribution in [1.82, 2.24) is 14.7 Å². The quantitative estimate of drug-likeness (QED) is 0.826. The number of nitrogens with one attached hydrogen (secondary N) is 1. The van der Waals surface area contributed by atoms with Gasteiger partial charge in [0.15, 0.2) is 5.15 Å². The van der Waals surface area contributed by atoms with Crippen LogP contribution in [-0.2, 0) is 6.54 Å². The van der Waals surface area contributed by atoms with Crippen molar-refractivity contribution in [2.45, 2.75) is 33.2 Å². The Kier molecular flexibility index (Phi) is 5.02. The van der Waals surface area contributed by atoms with E-state index in [2.05, 4.69) is 24.1 Å². The number of imidazole rings is 1. The summed E-state index contributed by atoms with van der Waals surface area (Å²) in [4.78, 5) is 4.33. The van der Waals surface area contributed by atoms with Crippen molar-refractivity contribution in [2.75, 3.05) is 13.2 Å². The Morgan fingerprint density at radius 1 is 1.35 bits per heavy atom. The van der Waals surface area contributed by atoms with E-state index >= 15 is 0 Å². The Labute approximate surface area is 124 Å². The van der Waals surface area contributed by atoms with Gasteiger partial charge >= 0.3 is 0 Å². The number of hydrogen-bond donors (Lipinski definition) is 2. The summed E-state index contributed by atoms with van der Waals surface area (Å²) in [5.41, 5.74) is 1.77. The molecule has 0 saturated carbocycles. The lowest BCUT2D eigenvalue weighted by molar-refractivity contribution is 0.113. The minimum atomic E-state index is -0.0486. The van der Waals surface area contributed by atoms with Crippen molar-refractivity contribution < 1.29 is 5.11 Å². The molecule has 0 amide bonds. The van der Waals surface area contributed by atoms with Crippen LogP contribution in [0.1, 0.15) is 32.4 Å². The summed E-state index contributed by atoms with van der Waals surface area (Å²) < 4.78 is 1.99. The van der Waals surface area contributed by atoms with Crippen molar-refractivity contribution in [3.63, 3.8) is 0 Å². The third-order valence-corrected chi connectivity index (χ3v) is 4.51. The molecule has 4 nitrogen and oxygen atoms in total. The zero-order chi connectivity index (χ0) is 14.6. The second kappa shape index (κ2) is 6.57. The van der Waals surface area contributed by atoms with Crippen LogP contribution in [0.4, 0.5) is 0 Å². The largest absolute Gasteiger partial charge is 0.396 e. The molecule has 0 aromatic carbocycles. The summed E-state index contributed by atoms with van der Waals surface area (Å²) >= 11 is 6.20. The molecule has 110 valence electrons. The fourth-order valence-corrected chi connectivity index (χ4v) is 2.65. The second-order valence-electron chi connectivity index (χ2n) is 5.25. The van der Waals surface area contributed by atoms with Gasteiger partial charge in [-0.05, 0) is 25.0 Å². The molecular formula is C15H22ClN3O. The lowest BCUT2D eigenvalue weighted by Crippen LogP contribution is -2.36. The van der Waals surface area contributed by atoms with Crippen LogP contribution in [0, 0.1) is 5.41 Å². The number of aliphatic hydroxyl groups excluding tert-OH is 1. The van der Waals surface area contributed by atoms with Crippen LogP contribution in [0.5, 0.6) is 0 Å². The van der Waals surface area contributed by atoms with Gasteiger partial charge in [-0.2, -0.15) is 0 Å². The molecule has 0 saturated heterocycles. The van der Waals surface area contributed by atoms with E-state index in [9.17, 15) is 5.11 Å². The molecule has 0 radical (unpaired) electrons. The lowest BCUT2D eigenvalue weighted by Gasteiger charge is -2.29. The molecule has 0 unspecified atom stereocenters. The van der Waals surface area contributed by atoms with Crippen molar-refractivity contribution in [1.29, 1.82) is 0 Å². The van der Waals surface area contributed by atoms with E-state index in [1.54, 1.807) is 0 Å². The van der Waals surface area contributed by atoms with Crippen molar-refractivity contribution in [3.05, 3.63) is 35.2 Å². The first-order chi connectivity index (χ1) is 9.65. The van der Waals surface area contributed by atoms with Gasteiger partial charge in [-0.15, -0.1) is 0 Å². The molecule has 0 bridgehead atoms. The monoisotopic (exact) mass is 295 g/mol. The molecule has 0 atom stereocenters. The first kappa shape index (κ1) is 15.3. The Bertz CT molecular complexity index is 555. The highest BCUT2D eigenvalue weighted by molar-refractivity contribution is 6.30. The molecule has 2 aromatic heterocycles. The van der Waals surface area contributed by atoms with Crippen LogP contribution < -0.4 is 5.32 Å². The maximum absolute atomic E-state index is 9.58. The summed E-state index contributed by atoms with van der Waals surface area (Å²) in [7, 11) is 0. The fraction of sp³-hybridized carbons (Fsp3) is 0.533. The molecule has 0 spiro atoms. The van der Waals surface area contributed by atoms with Crippen LogP contribution in [0.15, 0.2) is 24.4 Å². The Morgan fingerprint density at radius 3 is 2.75 bits per heavy atom. The third kappa shape index (κ3) is 2.97. The minimum Gasteiger partial charge on any atom is -0.396 e. The van der Waals surface area contributed by atoms with Gasteiger partial charge < -0.3 is 14.8 Å². The predicted molar refractivity (Wildman–Crippen MR) is 82.0 cm³/mol. The molecule has 2 N–H and O–H groups in total. The molecule has 0 aliphatic rings. The predicted octanol–water partition coefficient (Wildman–Crippen LogP) is 2.88. The average Bonchev–Trinajstić information content (AvgIpc) is 2.80. The number of nitrogens with zero attached hydrogens (tertiary/aromatic N) is 2. The minimum absolute atomic E-state index is 0.0486. The van der Waals surface area contributed by atoms with Crippen LogP contribution in [0.3, 0.4) is 0 Å². The van der Waals surface area contributed by atoms with E-state index < -0.39 is 0 Å². The van der Waals surface area contributed by atoms with E-state index in [-0.39, 0.29) is 12.0 Å². The Balaban J connectivity index is 2.08. The highest BCUT2D eigenvalue weighted by Crippen LogP contribution is 2.25. The number of halogens is 1. The van der Waals surface area contributed by atoms with Crippen molar-refractivity contribution in [2.24, 2.45) is 5.41 Å². The smallest absolute Gasteiger partial charge is 0.152 e. The van der Waals surface area contributed by atoms with Gasteiger partial charge in [0.05, 0.1) is 5.69 Å². The highest BCUT2D eigenvalue weighted by atomic mass is 35.5. The first-order valence-corrected chi connectivity index (χ1v) is 7.46. The maximum Gasteiger partial charge on any atom is 0.152 e. The Hall–Kier alpha value is -1.10. The topological polar surface area (TPSA) is 49.6 Å². The van der Waals surface area contributed by atoms with Gasteiger partial charge in [0.2, 0.25) is 0 Å². The normalized spacial score (nSPS) is 12.2. The fourth-order valence-electron chi connectivity index (χ4n) is 2.40. The van der Waals surface area contributed by atoms with Crippen LogP contribution in [0.2, 0.25) is 5.15 Å². The van der Waals surface area contributed by atoms with Crippen LogP contribution >= 0.6 is 11.6 Å². The lowest BCUT2D eigenvalue weighted by atomic mass is 9.83. The SMILES string of the molecule is CCC(CC)(CO)CNCc1c(Cl)nc2ccccn12. The molecule has 20 heavy (non-hydrogen) atoms. The summed E-state index contributed by atoms with van der Waals surface area (Å²) in [5, 5.41) is 13.5. The number of pyridine rings is 1. The van der Waals surface area contributed by atoms with Gasteiger partial charge in [-0.3, -0.25) is 0 Å². The van der Waals surface area contributed by atoms with Crippen molar-refractivity contribution in [3.8, 4) is 0 Å². The number of aliphatic hydroxyl groups is 1. The van der Waals surface area contributed by atoms with E-state index in [0.29, 0.717) is 11.7 Å². The summed E-state index contributed by atoms with van der Waals surface area (Å²) in [6, 6.07) is 5.84. The highest BCUT2D eigenvalue weighted by Gasteiger charge is 2.24. The van der Waals surface area contributed by atoms with Gasteiger partial charge in [-0.1, -0.05) is 31.5 Å². The molecule has 2 rings (SSSR count). The van der Waals surface area contributed by atoms with Gasteiger partial charge in [0, 0.05) is 31.3 Å². The first-order valence-electron chi connectivity index (χ1n) is 7.09. The zero-order valence-corrected chi connectivity index (χ0v) is 12.8. The number of aromatic nitrogens is 2. The maximum atomic E-state index is 9.58. The molecule has 2 heterocycles. The Morgan fingerprint density at radius 2 is 2.10 bits per heavy atom. The zero-order valence-electron chi connectivity index (χ0n) is 12.1. The van der Waals surface area contributed by atoms with Gasteiger partial charge in [0.25, 0.3) is 0 Å². The molecule has 0 aliphatic carbocycles.